The van der Waals surface area contributed by atoms with E-state index in [0.717, 1.165) is 12.1 Å². The zero-order valence-corrected chi connectivity index (χ0v) is 12.8. The molecule has 1 aromatic rings. The van der Waals surface area contributed by atoms with Gasteiger partial charge in [-0.15, -0.1) is 0 Å². The fourth-order valence-corrected chi connectivity index (χ4v) is 2.36. The topological polar surface area (TPSA) is 53.4 Å². The maximum absolute atomic E-state index is 12.9. The Bertz CT molecular complexity index is 565. The molecule has 0 bridgehead atoms. The minimum absolute atomic E-state index is 0.0373. The maximum atomic E-state index is 12.9. The van der Waals surface area contributed by atoms with Gasteiger partial charge in [0.1, 0.15) is 5.70 Å². The molecule has 1 atom stereocenters. The third kappa shape index (κ3) is 2.99. The Morgan fingerprint density at radius 1 is 1.33 bits per heavy atom. The van der Waals surface area contributed by atoms with Gasteiger partial charge in [-0.2, -0.15) is 0 Å². The number of ether oxygens (including phenoxy) is 1. The van der Waals surface area contributed by atoms with Gasteiger partial charge in [-0.25, -0.2) is 0 Å². The van der Waals surface area contributed by atoms with Crippen molar-refractivity contribution in [1.29, 1.82) is 5.41 Å². The lowest BCUT2D eigenvalue weighted by atomic mass is 9.92. The molecule has 0 spiro atoms. The van der Waals surface area contributed by atoms with E-state index in [1.54, 1.807) is 6.92 Å². The van der Waals surface area contributed by atoms with Crippen LogP contribution in [0, 0.1) is 11.3 Å². The van der Waals surface area contributed by atoms with Crippen LogP contribution in [0.1, 0.15) is 33.6 Å². The average Bonchev–Trinajstić information content (AvgIpc) is 2.45. The summed E-state index contributed by atoms with van der Waals surface area (Å²) in [5.74, 6) is 0.280. The summed E-state index contributed by atoms with van der Waals surface area (Å²) in [5.41, 5.74) is 0.00260. The van der Waals surface area contributed by atoms with Gasteiger partial charge in [0.15, 0.2) is 5.60 Å². The zero-order valence-electron chi connectivity index (χ0n) is 12.8. The number of carbonyl (C=O) groups is 1. The second-order valence-corrected chi connectivity index (χ2v) is 6.02. The van der Waals surface area contributed by atoms with Crippen LogP contribution in [0.5, 0.6) is 0 Å². The highest BCUT2D eigenvalue weighted by molar-refractivity contribution is 6.14. The smallest absolute Gasteiger partial charge is 0.275 e. The van der Waals surface area contributed by atoms with E-state index in [-0.39, 0.29) is 17.5 Å². The first-order valence-corrected chi connectivity index (χ1v) is 7.21. The second-order valence-electron chi connectivity index (χ2n) is 6.02. The number of hydrogen-bond donors (Lipinski definition) is 1. The molecule has 1 aliphatic rings. The number of rotatable bonds is 4. The number of morpholine rings is 1. The van der Waals surface area contributed by atoms with E-state index in [0.29, 0.717) is 12.3 Å². The van der Waals surface area contributed by atoms with Gasteiger partial charge in [0, 0.05) is 5.69 Å². The highest BCUT2D eigenvalue weighted by atomic mass is 16.5. The number of hydrogen-bond acceptors (Lipinski definition) is 3. The fourth-order valence-electron chi connectivity index (χ4n) is 2.36. The molecular weight excluding hydrogens is 264 g/mol. The molecule has 4 heteroatoms. The maximum Gasteiger partial charge on any atom is 0.275 e. The fraction of sp³-hybridized carbons (Fsp3) is 0.412. The molecule has 21 heavy (non-hydrogen) atoms. The van der Waals surface area contributed by atoms with E-state index < -0.39 is 5.60 Å². The Labute approximate surface area is 125 Å². The first-order valence-electron chi connectivity index (χ1n) is 7.21. The quantitative estimate of drug-likeness (QED) is 0.916. The van der Waals surface area contributed by atoms with Crippen LogP contribution in [0.4, 0.5) is 5.69 Å². The van der Waals surface area contributed by atoms with Crippen molar-refractivity contribution in [2.75, 3.05) is 4.90 Å². The van der Waals surface area contributed by atoms with Crippen LogP contribution in [0.2, 0.25) is 0 Å². The van der Waals surface area contributed by atoms with Gasteiger partial charge in [0.2, 0.25) is 5.90 Å². The largest absolute Gasteiger partial charge is 0.460 e. The van der Waals surface area contributed by atoms with E-state index >= 15 is 0 Å². The summed E-state index contributed by atoms with van der Waals surface area (Å²) in [6.45, 7) is 9.79. The van der Waals surface area contributed by atoms with Gasteiger partial charge in [-0.1, -0.05) is 38.6 Å². The highest BCUT2D eigenvalue weighted by Gasteiger charge is 2.46. The van der Waals surface area contributed by atoms with Crippen molar-refractivity contribution in [2.24, 2.45) is 5.92 Å². The second kappa shape index (κ2) is 5.72. The minimum atomic E-state index is -1.00. The molecule has 1 amide bonds. The molecule has 2 rings (SSSR count). The van der Waals surface area contributed by atoms with Crippen molar-refractivity contribution < 1.29 is 9.53 Å². The summed E-state index contributed by atoms with van der Waals surface area (Å²) in [6, 6.07) is 9.29. The Hall–Kier alpha value is -2.10. The van der Waals surface area contributed by atoms with E-state index in [1.165, 1.54) is 4.90 Å². The number of carbonyl (C=O) groups excluding carboxylic acids is 1. The summed E-state index contributed by atoms with van der Waals surface area (Å²) in [7, 11) is 0. The lowest BCUT2D eigenvalue weighted by Crippen LogP contribution is -2.55. The molecular formula is C17H22N2O2. The lowest BCUT2D eigenvalue weighted by Gasteiger charge is -2.41. The number of benzene rings is 1. The SMILES string of the molecule is C=C1C(=N)OC(C)(CCC(C)C)C(=O)N1c1ccccc1. The van der Waals surface area contributed by atoms with Gasteiger partial charge in [-0.3, -0.25) is 15.1 Å². The van der Waals surface area contributed by atoms with Gasteiger partial charge >= 0.3 is 0 Å². The van der Waals surface area contributed by atoms with Gasteiger partial charge in [-0.05, 0) is 37.8 Å². The van der Waals surface area contributed by atoms with Gasteiger partial charge in [0.25, 0.3) is 5.91 Å². The third-order valence-electron chi connectivity index (χ3n) is 3.73. The molecule has 0 saturated carbocycles. The predicted octanol–water partition coefficient (Wildman–Crippen LogP) is 3.74. The Morgan fingerprint density at radius 2 is 1.95 bits per heavy atom. The van der Waals surface area contributed by atoms with E-state index in [9.17, 15) is 4.79 Å². The van der Waals surface area contributed by atoms with Crippen molar-refractivity contribution in [2.45, 2.75) is 39.2 Å². The Balaban J connectivity index is 2.34. The molecule has 0 radical (unpaired) electrons. The van der Waals surface area contributed by atoms with Gasteiger partial charge < -0.3 is 4.74 Å². The minimum Gasteiger partial charge on any atom is -0.460 e. The molecule has 1 unspecified atom stereocenters. The number of amides is 1. The standard InChI is InChI=1S/C17H22N2O2/c1-12(2)10-11-17(4)16(20)19(13(3)15(18)21-17)14-8-6-5-7-9-14/h5-9,12,18H,3,10-11H2,1-2,4H3. The van der Waals surface area contributed by atoms with Crippen molar-refractivity contribution in [3.63, 3.8) is 0 Å². The van der Waals surface area contributed by atoms with E-state index in [4.69, 9.17) is 10.1 Å². The lowest BCUT2D eigenvalue weighted by molar-refractivity contribution is -0.135. The van der Waals surface area contributed by atoms with Crippen LogP contribution in [-0.4, -0.2) is 17.4 Å². The average molecular weight is 286 g/mol. The molecule has 1 N–H and O–H groups in total. The van der Waals surface area contributed by atoms with Gasteiger partial charge in [0.05, 0.1) is 0 Å². The molecule has 1 saturated heterocycles. The van der Waals surface area contributed by atoms with Crippen LogP contribution >= 0.6 is 0 Å². The summed E-state index contributed by atoms with van der Waals surface area (Å²) in [6.07, 6.45) is 1.45. The Kier molecular flexibility index (Phi) is 4.16. The molecule has 112 valence electrons. The zero-order chi connectivity index (χ0) is 15.6. The summed E-state index contributed by atoms with van der Waals surface area (Å²) < 4.78 is 5.59. The molecule has 1 aromatic carbocycles. The molecule has 1 fully saturated rings. The van der Waals surface area contributed by atoms with Crippen molar-refractivity contribution in [1.82, 2.24) is 0 Å². The number of anilines is 1. The van der Waals surface area contributed by atoms with Crippen LogP contribution in [0.3, 0.4) is 0 Å². The van der Waals surface area contributed by atoms with Crippen molar-refractivity contribution in [3.8, 4) is 0 Å². The summed E-state index contributed by atoms with van der Waals surface area (Å²) in [4.78, 5) is 14.4. The molecule has 4 nitrogen and oxygen atoms in total. The van der Waals surface area contributed by atoms with Crippen molar-refractivity contribution in [3.05, 3.63) is 42.6 Å². The van der Waals surface area contributed by atoms with Crippen LogP contribution in [0.25, 0.3) is 0 Å². The molecule has 1 heterocycles. The third-order valence-corrected chi connectivity index (χ3v) is 3.73. The van der Waals surface area contributed by atoms with Crippen LogP contribution < -0.4 is 4.90 Å². The normalized spacial score (nSPS) is 22.7. The molecule has 0 aromatic heterocycles. The van der Waals surface area contributed by atoms with Crippen molar-refractivity contribution >= 4 is 17.5 Å². The monoisotopic (exact) mass is 286 g/mol. The number of para-hydroxylation sites is 1. The molecule has 1 aliphatic heterocycles. The molecule has 0 aliphatic carbocycles. The number of nitrogens with zero attached hydrogens (tertiary/aromatic N) is 1. The first-order chi connectivity index (χ1) is 9.85. The van der Waals surface area contributed by atoms with E-state index in [2.05, 4.69) is 20.4 Å². The number of nitrogens with one attached hydrogen (secondary N) is 1. The van der Waals surface area contributed by atoms with Crippen LogP contribution in [-0.2, 0) is 9.53 Å². The summed E-state index contributed by atoms with van der Waals surface area (Å²) in [5, 5.41) is 7.99. The predicted molar refractivity (Wildman–Crippen MR) is 84.4 cm³/mol. The Morgan fingerprint density at radius 3 is 2.52 bits per heavy atom. The van der Waals surface area contributed by atoms with Crippen LogP contribution in [0.15, 0.2) is 42.6 Å². The van der Waals surface area contributed by atoms with E-state index in [1.807, 2.05) is 30.3 Å². The highest BCUT2D eigenvalue weighted by Crippen LogP contribution is 2.33. The first kappa shape index (κ1) is 15.3. The summed E-state index contributed by atoms with van der Waals surface area (Å²) >= 11 is 0.